The molecule has 0 aliphatic carbocycles. The van der Waals surface area contributed by atoms with Crippen LogP contribution in [-0.4, -0.2) is 18.6 Å². The Labute approximate surface area is 116 Å². The molecular weight excluding hydrogens is 329 g/mol. The predicted octanol–water partition coefficient (Wildman–Crippen LogP) is 2.97. The third-order valence-electron chi connectivity index (χ3n) is 2.31. The molecule has 17 heavy (non-hydrogen) atoms. The fourth-order valence-corrected chi connectivity index (χ4v) is 1.84. The van der Waals surface area contributed by atoms with Crippen molar-refractivity contribution < 1.29 is 9.53 Å². The van der Waals surface area contributed by atoms with Gasteiger partial charge in [-0.15, -0.1) is 0 Å². The molecule has 0 saturated carbocycles. The van der Waals surface area contributed by atoms with Gasteiger partial charge in [0, 0.05) is 10.1 Å². The topological polar surface area (TPSA) is 38.3 Å². The molecular formula is C13H18INO2. The quantitative estimate of drug-likeness (QED) is 0.635. The average molecular weight is 347 g/mol. The highest BCUT2D eigenvalue weighted by Gasteiger charge is 2.13. The van der Waals surface area contributed by atoms with Crippen LogP contribution < -0.4 is 10.1 Å². The minimum absolute atomic E-state index is 0.0580. The number of carbonyl (C=O) groups excluding carboxylic acids is 1. The number of hydrogen-bond donors (Lipinski definition) is 1. The number of unbranched alkanes of at least 4 members (excludes halogenated alkanes) is 1. The smallest absolute Gasteiger partial charge is 0.260 e. The van der Waals surface area contributed by atoms with Gasteiger partial charge in [0.05, 0.1) is 0 Å². The number of ether oxygens (including phenoxy) is 1. The van der Waals surface area contributed by atoms with Crippen LogP contribution in [0.4, 0.5) is 0 Å². The highest BCUT2D eigenvalue weighted by molar-refractivity contribution is 14.1. The van der Waals surface area contributed by atoms with E-state index in [1.54, 1.807) is 6.92 Å². The Balaban J connectivity index is 2.43. The maximum atomic E-state index is 11.7. The van der Waals surface area contributed by atoms with Crippen LogP contribution in [0.25, 0.3) is 0 Å². The molecule has 0 saturated heterocycles. The number of carbonyl (C=O) groups is 1. The predicted molar refractivity (Wildman–Crippen MR) is 77.2 cm³/mol. The SMILES string of the molecule is CCCCNC(=O)C(C)Oc1cccc(I)c1. The molecule has 0 aliphatic rings. The Morgan fingerprint density at radius 1 is 1.53 bits per heavy atom. The van der Waals surface area contributed by atoms with Crippen LogP contribution in [0.1, 0.15) is 26.7 Å². The molecule has 0 radical (unpaired) electrons. The standard InChI is InChI=1S/C13H18INO2/c1-3-4-8-15-13(16)10(2)17-12-7-5-6-11(14)9-12/h5-7,9-10H,3-4,8H2,1-2H3,(H,15,16). The largest absolute Gasteiger partial charge is 0.481 e. The summed E-state index contributed by atoms with van der Waals surface area (Å²) in [7, 11) is 0. The zero-order valence-electron chi connectivity index (χ0n) is 10.2. The van der Waals surface area contributed by atoms with Crippen molar-refractivity contribution in [2.75, 3.05) is 6.54 Å². The molecule has 1 N–H and O–H groups in total. The summed E-state index contributed by atoms with van der Waals surface area (Å²) in [5.41, 5.74) is 0. The molecule has 1 aromatic carbocycles. The fourth-order valence-electron chi connectivity index (χ4n) is 1.33. The number of nitrogens with one attached hydrogen (secondary N) is 1. The van der Waals surface area contributed by atoms with Gasteiger partial charge in [0.2, 0.25) is 0 Å². The molecule has 0 aromatic heterocycles. The van der Waals surface area contributed by atoms with Gasteiger partial charge in [0.25, 0.3) is 5.91 Å². The second-order valence-electron chi connectivity index (χ2n) is 3.86. The highest BCUT2D eigenvalue weighted by atomic mass is 127. The molecule has 1 aromatic rings. The summed E-state index contributed by atoms with van der Waals surface area (Å²) in [6.45, 7) is 4.58. The Hall–Kier alpha value is -0.780. The second kappa shape index (κ2) is 7.53. The first-order valence-electron chi connectivity index (χ1n) is 5.83. The maximum Gasteiger partial charge on any atom is 0.260 e. The Bertz CT molecular complexity index is 368. The van der Waals surface area contributed by atoms with E-state index in [1.807, 2.05) is 24.3 Å². The Morgan fingerprint density at radius 2 is 2.29 bits per heavy atom. The highest BCUT2D eigenvalue weighted by Crippen LogP contribution is 2.16. The molecule has 1 amide bonds. The van der Waals surface area contributed by atoms with Crippen molar-refractivity contribution in [3.05, 3.63) is 27.8 Å². The summed E-state index contributed by atoms with van der Waals surface area (Å²) in [4.78, 5) is 11.7. The van der Waals surface area contributed by atoms with Crippen molar-refractivity contribution in [3.8, 4) is 5.75 Å². The molecule has 0 aliphatic heterocycles. The van der Waals surface area contributed by atoms with E-state index in [-0.39, 0.29) is 5.91 Å². The van der Waals surface area contributed by atoms with Crippen LogP contribution in [0.3, 0.4) is 0 Å². The van der Waals surface area contributed by atoms with E-state index >= 15 is 0 Å². The zero-order valence-corrected chi connectivity index (χ0v) is 12.4. The minimum atomic E-state index is -0.454. The van der Waals surface area contributed by atoms with E-state index in [0.717, 1.165) is 28.7 Å². The number of rotatable bonds is 6. The van der Waals surface area contributed by atoms with Gasteiger partial charge in [0.15, 0.2) is 6.10 Å². The van der Waals surface area contributed by atoms with E-state index < -0.39 is 6.10 Å². The molecule has 3 nitrogen and oxygen atoms in total. The molecule has 0 fully saturated rings. The fraction of sp³-hybridized carbons (Fsp3) is 0.462. The number of hydrogen-bond acceptors (Lipinski definition) is 2. The average Bonchev–Trinajstić information content (AvgIpc) is 2.29. The first-order chi connectivity index (χ1) is 8.13. The lowest BCUT2D eigenvalue weighted by atomic mass is 10.3. The Morgan fingerprint density at radius 3 is 2.94 bits per heavy atom. The normalized spacial score (nSPS) is 11.9. The van der Waals surface area contributed by atoms with Gasteiger partial charge >= 0.3 is 0 Å². The molecule has 1 rings (SSSR count). The van der Waals surface area contributed by atoms with E-state index in [2.05, 4.69) is 34.8 Å². The van der Waals surface area contributed by atoms with Gasteiger partial charge in [-0.1, -0.05) is 19.4 Å². The van der Waals surface area contributed by atoms with E-state index in [1.165, 1.54) is 0 Å². The number of amides is 1. The van der Waals surface area contributed by atoms with Crippen molar-refractivity contribution in [3.63, 3.8) is 0 Å². The van der Waals surface area contributed by atoms with Gasteiger partial charge < -0.3 is 10.1 Å². The van der Waals surface area contributed by atoms with E-state index in [0.29, 0.717) is 0 Å². The first-order valence-corrected chi connectivity index (χ1v) is 6.91. The maximum absolute atomic E-state index is 11.7. The van der Waals surface area contributed by atoms with Crippen LogP contribution in [0.15, 0.2) is 24.3 Å². The summed E-state index contributed by atoms with van der Waals surface area (Å²) >= 11 is 2.22. The molecule has 1 unspecified atom stereocenters. The lowest BCUT2D eigenvalue weighted by Gasteiger charge is -2.14. The lowest BCUT2D eigenvalue weighted by molar-refractivity contribution is -0.127. The summed E-state index contributed by atoms with van der Waals surface area (Å²) in [6.07, 6.45) is 1.62. The summed E-state index contributed by atoms with van der Waals surface area (Å²) in [5.74, 6) is 0.673. The number of halogens is 1. The second-order valence-corrected chi connectivity index (χ2v) is 5.11. The molecule has 1 atom stereocenters. The third kappa shape index (κ3) is 5.39. The summed E-state index contributed by atoms with van der Waals surface area (Å²) in [5, 5.41) is 2.85. The van der Waals surface area contributed by atoms with Crippen LogP contribution in [0.2, 0.25) is 0 Å². The number of benzene rings is 1. The minimum Gasteiger partial charge on any atom is -0.481 e. The van der Waals surface area contributed by atoms with Crippen LogP contribution >= 0.6 is 22.6 Å². The third-order valence-corrected chi connectivity index (χ3v) is 2.98. The van der Waals surface area contributed by atoms with Gasteiger partial charge in [0.1, 0.15) is 5.75 Å². The van der Waals surface area contributed by atoms with E-state index in [4.69, 9.17) is 4.74 Å². The van der Waals surface area contributed by atoms with Crippen molar-refractivity contribution >= 4 is 28.5 Å². The summed E-state index contributed by atoms with van der Waals surface area (Å²) in [6, 6.07) is 7.67. The monoisotopic (exact) mass is 347 g/mol. The van der Waals surface area contributed by atoms with Gasteiger partial charge in [-0.05, 0) is 54.1 Å². The molecule has 94 valence electrons. The van der Waals surface area contributed by atoms with Gasteiger partial charge in [-0.25, -0.2) is 0 Å². The van der Waals surface area contributed by atoms with Crippen molar-refractivity contribution in [2.45, 2.75) is 32.8 Å². The van der Waals surface area contributed by atoms with E-state index in [9.17, 15) is 4.79 Å². The molecule has 4 heteroatoms. The Kier molecular flexibility index (Phi) is 6.32. The molecule has 0 spiro atoms. The van der Waals surface area contributed by atoms with Crippen molar-refractivity contribution in [2.24, 2.45) is 0 Å². The van der Waals surface area contributed by atoms with Crippen LogP contribution in [0.5, 0.6) is 5.75 Å². The van der Waals surface area contributed by atoms with Crippen LogP contribution in [-0.2, 0) is 4.79 Å². The summed E-state index contributed by atoms with van der Waals surface area (Å²) < 4.78 is 6.67. The van der Waals surface area contributed by atoms with Crippen molar-refractivity contribution in [1.29, 1.82) is 0 Å². The van der Waals surface area contributed by atoms with Crippen LogP contribution in [0, 0.1) is 3.57 Å². The molecule has 0 heterocycles. The first kappa shape index (κ1) is 14.3. The lowest BCUT2D eigenvalue weighted by Crippen LogP contribution is -2.36. The van der Waals surface area contributed by atoms with Gasteiger partial charge in [-0.2, -0.15) is 0 Å². The van der Waals surface area contributed by atoms with Crippen molar-refractivity contribution in [1.82, 2.24) is 5.32 Å². The molecule has 0 bridgehead atoms. The van der Waals surface area contributed by atoms with Gasteiger partial charge in [-0.3, -0.25) is 4.79 Å². The zero-order chi connectivity index (χ0) is 12.7.